The second-order valence-corrected chi connectivity index (χ2v) is 15.2. The monoisotopic (exact) mass is 703 g/mol. The van der Waals surface area contributed by atoms with Crippen LogP contribution < -0.4 is 0 Å². The van der Waals surface area contributed by atoms with Gasteiger partial charge in [-0.15, -0.1) is 11.3 Å². The molecule has 12 rings (SSSR count). The summed E-state index contributed by atoms with van der Waals surface area (Å²) in [6, 6.07) is 63.5. The van der Waals surface area contributed by atoms with Gasteiger partial charge in [0.05, 0.1) is 11.2 Å². The number of benzene rings is 9. The van der Waals surface area contributed by atoms with Gasteiger partial charge in [0, 0.05) is 63.8 Å². The molecule has 0 aliphatic rings. The van der Waals surface area contributed by atoms with Gasteiger partial charge in [-0.25, -0.2) is 4.98 Å². The molecule has 0 amide bonds. The van der Waals surface area contributed by atoms with E-state index in [1.165, 1.54) is 69.0 Å². The minimum atomic E-state index is 0.907. The molecule has 9 aromatic carbocycles. The Morgan fingerprint density at radius 1 is 0.407 bits per heavy atom. The molecular formula is C51H29NOS. The van der Waals surface area contributed by atoms with Gasteiger partial charge >= 0.3 is 0 Å². The number of para-hydroxylation sites is 2. The average molecular weight is 704 g/mol. The standard InChI is InChI=1S/C51H29NOS/c1-2-13-30(14-3-1)49-41-28-27-39-33-16-9-11-24-45(33)54-51(39)48(41)40-26-25-31(29-43(40)52-49)46-34-17-4-6-19-36(34)47(37-20-7-5-18-35(37)46)42-22-12-21-38-32-15-8-10-23-44(32)53-50(38)42/h1-29H. The molecule has 3 heterocycles. The van der Waals surface area contributed by atoms with Crippen molar-refractivity contribution in [3.63, 3.8) is 0 Å². The van der Waals surface area contributed by atoms with Crippen molar-refractivity contribution in [1.82, 2.24) is 4.98 Å². The molecule has 0 aliphatic carbocycles. The van der Waals surface area contributed by atoms with E-state index >= 15 is 0 Å². The van der Waals surface area contributed by atoms with Crippen LogP contribution in [0.2, 0.25) is 0 Å². The molecule has 0 fully saturated rings. The third kappa shape index (κ3) is 4.19. The maximum atomic E-state index is 6.62. The molecule has 3 aromatic heterocycles. The molecule has 0 aliphatic heterocycles. The van der Waals surface area contributed by atoms with E-state index in [1.54, 1.807) is 0 Å². The number of hydrogen-bond donors (Lipinski definition) is 0. The fraction of sp³-hybridized carbons (Fsp3) is 0. The summed E-state index contributed by atoms with van der Waals surface area (Å²) in [7, 11) is 0. The van der Waals surface area contributed by atoms with E-state index in [0.717, 1.165) is 49.8 Å². The molecule has 3 heteroatoms. The van der Waals surface area contributed by atoms with Crippen molar-refractivity contribution in [3.8, 4) is 33.5 Å². The molecule has 12 aromatic rings. The highest BCUT2D eigenvalue weighted by atomic mass is 32.1. The molecule has 0 N–H and O–H groups in total. The van der Waals surface area contributed by atoms with E-state index in [9.17, 15) is 0 Å². The second-order valence-electron chi connectivity index (χ2n) is 14.1. The smallest absolute Gasteiger partial charge is 0.143 e. The Morgan fingerprint density at radius 3 is 1.80 bits per heavy atom. The van der Waals surface area contributed by atoms with Crippen LogP contribution in [0.15, 0.2) is 180 Å². The van der Waals surface area contributed by atoms with Crippen molar-refractivity contribution in [3.05, 3.63) is 176 Å². The highest BCUT2D eigenvalue weighted by Gasteiger charge is 2.22. The van der Waals surface area contributed by atoms with E-state index in [-0.39, 0.29) is 0 Å². The van der Waals surface area contributed by atoms with Crippen LogP contribution in [-0.2, 0) is 0 Å². The third-order valence-electron chi connectivity index (χ3n) is 11.2. The molecular weight excluding hydrogens is 675 g/mol. The molecule has 0 bridgehead atoms. The van der Waals surface area contributed by atoms with E-state index in [0.29, 0.717) is 0 Å². The lowest BCUT2D eigenvalue weighted by Crippen LogP contribution is -1.93. The molecule has 2 nitrogen and oxygen atoms in total. The van der Waals surface area contributed by atoms with Crippen molar-refractivity contribution in [2.75, 3.05) is 0 Å². The Kier molecular flexibility index (Phi) is 6.25. The van der Waals surface area contributed by atoms with Crippen LogP contribution in [-0.4, -0.2) is 4.98 Å². The highest BCUT2D eigenvalue weighted by Crippen LogP contribution is 2.48. The minimum Gasteiger partial charge on any atom is -0.455 e. The van der Waals surface area contributed by atoms with Gasteiger partial charge in [-0.05, 0) is 50.9 Å². The summed E-state index contributed by atoms with van der Waals surface area (Å²) in [5, 5.41) is 13.3. The molecule has 250 valence electrons. The number of fused-ring (bicyclic) bond motifs is 12. The molecule has 0 atom stereocenters. The van der Waals surface area contributed by atoms with Gasteiger partial charge in [-0.2, -0.15) is 0 Å². The fourth-order valence-electron chi connectivity index (χ4n) is 8.92. The number of hydrogen-bond acceptors (Lipinski definition) is 3. The Morgan fingerprint density at radius 2 is 1.02 bits per heavy atom. The summed E-state index contributed by atoms with van der Waals surface area (Å²) in [5.74, 6) is 0. The van der Waals surface area contributed by atoms with Crippen LogP contribution in [0.3, 0.4) is 0 Å². The van der Waals surface area contributed by atoms with Gasteiger partial charge in [0.2, 0.25) is 0 Å². The summed E-state index contributed by atoms with van der Waals surface area (Å²) < 4.78 is 9.24. The van der Waals surface area contributed by atoms with Crippen molar-refractivity contribution in [1.29, 1.82) is 0 Å². The van der Waals surface area contributed by atoms with E-state index in [2.05, 4.69) is 170 Å². The maximum absolute atomic E-state index is 6.62. The first kappa shape index (κ1) is 29.7. The summed E-state index contributed by atoms with van der Waals surface area (Å²) in [6.45, 7) is 0. The van der Waals surface area contributed by atoms with Crippen molar-refractivity contribution >= 4 is 96.7 Å². The topological polar surface area (TPSA) is 26.0 Å². The van der Waals surface area contributed by atoms with Crippen LogP contribution in [0.5, 0.6) is 0 Å². The van der Waals surface area contributed by atoms with Gasteiger partial charge in [0.15, 0.2) is 0 Å². The number of pyridine rings is 1. The Balaban J connectivity index is 1.18. The summed E-state index contributed by atoms with van der Waals surface area (Å²) in [4.78, 5) is 5.49. The zero-order valence-electron chi connectivity index (χ0n) is 29.0. The maximum Gasteiger partial charge on any atom is 0.143 e. The van der Waals surface area contributed by atoms with Crippen molar-refractivity contribution < 1.29 is 4.42 Å². The number of rotatable bonds is 3. The lowest BCUT2D eigenvalue weighted by molar-refractivity contribution is 0.670. The normalized spacial score (nSPS) is 12.1. The molecule has 54 heavy (non-hydrogen) atoms. The summed E-state index contributed by atoms with van der Waals surface area (Å²) in [6.07, 6.45) is 0. The van der Waals surface area contributed by atoms with Crippen molar-refractivity contribution in [2.45, 2.75) is 0 Å². The molecule has 0 radical (unpaired) electrons. The Bertz CT molecular complexity index is 3440. The van der Waals surface area contributed by atoms with Gasteiger partial charge in [-0.1, -0.05) is 158 Å². The Labute approximate surface area is 314 Å². The van der Waals surface area contributed by atoms with Crippen LogP contribution in [0.4, 0.5) is 0 Å². The zero-order valence-corrected chi connectivity index (χ0v) is 29.8. The fourth-order valence-corrected chi connectivity index (χ4v) is 10.2. The van der Waals surface area contributed by atoms with Crippen molar-refractivity contribution in [2.24, 2.45) is 0 Å². The summed E-state index contributed by atoms with van der Waals surface area (Å²) >= 11 is 1.88. The van der Waals surface area contributed by atoms with Gasteiger partial charge in [-0.3, -0.25) is 0 Å². The quantitative estimate of drug-likeness (QED) is 0.135. The average Bonchev–Trinajstić information content (AvgIpc) is 3.81. The van der Waals surface area contributed by atoms with Gasteiger partial charge in [0.25, 0.3) is 0 Å². The number of aromatic nitrogens is 1. The molecule has 0 saturated heterocycles. The predicted molar refractivity (Wildman–Crippen MR) is 231 cm³/mol. The largest absolute Gasteiger partial charge is 0.455 e. The first-order chi connectivity index (χ1) is 26.8. The first-order valence-corrected chi connectivity index (χ1v) is 19.2. The van der Waals surface area contributed by atoms with E-state index < -0.39 is 0 Å². The zero-order chi connectivity index (χ0) is 35.3. The lowest BCUT2D eigenvalue weighted by atomic mass is 9.85. The van der Waals surface area contributed by atoms with Gasteiger partial charge in [0.1, 0.15) is 11.2 Å². The predicted octanol–water partition coefficient (Wildman–Crippen LogP) is 15.0. The SMILES string of the molecule is c1ccc(-c2nc3cc(-c4c5ccccc5c(-c5cccc6c5oc5ccccc56)c5ccccc45)ccc3c3c2ccc2c4ccccc4sc23)cc1. The second kappa shape index (κ2) is 11.3. The highest BCUT2D eigenvalue weighted by molar-refractivity contribution is 7.26. The van der Waals surface area contributed by atoms with Crippen LogP contribution in [0.25, 0.3) is 119 Å². The minimum absolute atomic E-state index is 0.907. The number of nitrogens with zero attached hydrogens (tertiary/aromatic N) is 1. The van der Waals surface area contributed by atoms with Crippen LogP contribution >= 0.6 is 11.3 Å². The Hall–Kier alpha value is -6.81. The number of thiophene rings is 1. The lowest BCUT2D eigenvalue weighted by Gasteiger charge is -2.18. The van der Waals surface area contributed by atoms with Crippen LogP contribution in [0, 0.1) is 0 Å². The van der Waals surface area contributed by atoms with Gasteiger partial charge < -0.3 is 4.42 Å². The first-order valence-electron chi connectivity index (χ1n) is 18.4. The molecule has 0 spiro atoms. The van der Waals surface area contributed by atoms with Crippen LogP contribution in [0.1, 0.15) is 0 Å². The molecule has 0 unspecified atom stereocenters. The number of furan rings is 1. The summed E-state index contributed by atoms with van der Waals surface area (Å²) in [5.41, 5.74) is 9.62. The third-order valence-corrected chi connectivity index (χ3v) is 12.4. The molecule has 0 saturated carbocycles. The van der Waals surface area contributed by atoms with E-state index in [1.807, 2.05) is 17.4 Å². The van der Waals surface area contributed by atoms with E-state index in [4.69, 9.17) is 9.40 Å².